The number of hydrogen-bond donors (Lipinski definition) is 2. The molecule has 1 saturated carbocycles. The average Bonchev–Trinajstić information content (AvgIpc) is 3.58. The highest BCUT2D eigenvalue weighted by Gasteiger charge is 2.29. The zero-order valence-electron chi connectivity index (χ0n) is 21.3. The van der Waals surface area contributed by atoms with Crippen molar-refractivity contribution in [1.82, 2.24) is 24.3 Å². The molecule has 1 atom stereocenters. The molecule has 2 N–H and O–H groups in total. The fourth-order valence-electron chi connectivity index (χ4n) is 4.80. The van der Waals surface area contributed by atoms with Crippen LogP contribution in [0.25, 0.3) is 22.3 Å². The van der Waals surface area contributed by atoms with E-state index >= 15 is 0 Å². The maximum atomic E-state index is 11.3. The van der Waals surface area contributed by atoms with Gasteiger partial charge in [-0.1, -0.05) is 32.5 Å². The predicted molar refractivity (Wildman–Crippen MR) is 140 cm³/mol. The average molecular weight is 510 g/mol. The smallest absolute Gasteiger partial charge is 0.322 e. The molecule has 1 aliphatic rings. The lowest BCUT2D eigenvalue weighted by atomic mass is 9.96. The maximum absolute atomic E-state index is 11.3. The van der Waals surface area contributed by atoms with Crippen molar-refractivity contribution in [3.63, 3.8) is 0 Å². The summed E-state index contributed by atoms with van der Waals surface area (Å²) in [6.45, 7) is 7.82. The normalized spacial score (nSPS) is 15.3. The van der Waals surface area contributed by atoms with Crippen LogP contribution in [0.5, 0.6) is 0 Å². The third kappa shape index (κ3) is 6.12. The van der Waals surface area contributed by atoms with Crippen LogP contribution in [0.3, 0.4) is 0 Å². The lowest BCUT2D eigenvalue weighted by Gasteiger charge is -2.21. The largest absolute Gasteiger partial charge is 0.480 e. The number of hydrogen-bond acceptors (Lipinski definition) is 7. The summed E-state index contributed by atoms with van der Waals surface area (Å²) in [7, 11) is -1.17. The van der Waals surface area contributed by atoms with Gasteiger partial charge < -0.3 is 19.7 Å². The number of fused-ring (bicyclic) bond motifs is 1. The Morgan fingerprint density at radius 3 is 2.81 bits per heavy atom. The van der Waals surface area contributed by atoms with Crippen LogP contribution in [0.2, 0.25) is 25.7 Å². The first-order chi connectivity index (χ1) is 17.3. The molecule has 4 rings (SSSR count). The van der Waals surface area contributed by atoms with E-state index in [0.717, 1.165) is 42.8 Å². The molecule has 3 aromatic rings. The van der Waals surface area contributed by atoms with Crippen LogP contribution < -0.4 is 5.32 Å². The molecule has 36 heavy (non-hydrogen) atoms. The fraction of sp³-hybridized carbons (Fsp3) is 0.560. The highest BCUT2D eigenvalue weighted by Crippen LogP contribution is 2.38. The molecule has 0 aliphatic heterocycles. The lowest BCUT2D eigenvalue weighted by molar-refractivity contribution is -0.134. The fourth-order valence-corrected chi connectivity index (χ4v) is 5.56. The number of aromatic nitrogens is 5. The molecule has 10 nitrogen and oxygen atoms in total. The van der Waals surface area contributed by atoms with Crippen LogP contribution in [0.4, 0.5) is 5.82 Å². The third-order valence-corrected chi connectivity index (χ3v) is 8.47. The Bertz CT molecular complexity index is 1230. The van der Waals surface area contributed by atoms with Crippen LogP contribution in [0.15, 0.2) is 24.8 Å². The van der Waals surface area contributed by atoms with E-state index in [1.54, 1.807) is 0 Å². The standard InChI is InChI=1S/C25H35N7O3Si/c1-36(2,3)13-12-35-17-31-11-9-19-23(28-16-29-25(19)31)20-15-32(30-24(20)27-14-22(33)34)21(8-10-26)18-6-4-5-7-18/h9,11,15-16,18,21H,4-8,12-14,17H2,1-3H3,(H,27,30)(H,33,34). The van der Waals surface area contributed by atoms with Gasteiger partial charge in [-0.3, -0.25) is 9.48 Å². The van der Waals surface area contributed by atoms with Crippen molar-refractivity contribution >= 4 is 30.9 Å². The summed E-state index contributed by atoms with van der Waals surface area (Å²) in [5.41, 5.74) is 2.11. The van der Waals surface area contributed by atoms with Crippen LogP contribution in [0, 0.1) is 17.2 Å². The van der Waals surface area contributed by atoms with Gasteiger partial charge in [0, 0.05) is 32.5 Å². The Balaban J connectivity index is 1.66. The molecule has 0 radical (unpaired) electrons. The molecule has 1 unspecified atom stereocenters. The van der Waals surface area contributed by atoms with Gasteiger partial charge in [0.15, 0.2) is 5.82 Å². The van der Waals surface area contributed by atoms with Crippen molar-refractivity contribution in [2.45, 2.75) is 70.6 Å². The minimum absolute atomic E-state index is 0.0571. The summed E-state index contributed by atoms with van der Waals surface area (Å²) in [4.78, 5) is 20.3. The number of carboxylic acid groups (broad SMARTS) is 1. The second kappa shape index (κ2) is 11.2. The number of nitrogens with one attached hydrogen (secondary N) is 1. The van der Waals surface area contributed by atoms with Gasteiger partial charge in [0.2, 0.25) is 0 Å². The van der Waals surface area contributed by atoms with Crippen molar-refractivity contribution in [3.8, 4) is 17.3 Å². The maximum Gasteiger partial charge on any atom is 0.322 e. The molecule has 0 aromatic carbocycles. The quantitative estimate of drug-likeness (QED) is 0.264. The van der Waals surface area contributed by atoms with E-state index in [1.807, 2.05) is 27.7 Å². The number of aliphatic carboxylic acids is 1. The highest BCUT2D eigenvalue weighted by atomic mass is 28.3. The van der Waals surface area contributed by atoms with Gasteiger partial charge >= 0.3 is 5.97 Å². The van der Waals surface area contributed by atoms with Crippen molar-refractivity contribution < 1.29 is 14.6 Å². The van der Waals surface area contributed by atoms with E-state index in [4.69, 9.17) is 9.84 Å². The number of anilines is 1. The molecule has 3 aromatic heterocycles. The minimum Gasteiger partial charge on any atom is -0.480 e. The molecule has 0 spiro atoms. The van der Waals surface area contributed by atoms with E-state index in [-0.39, 0.29) is 12.6 Å². The summed E-state index contributed by atoms with van der Waals surface area (Å²) in [5, 5.41) is 27.2. The van der Waals surface area contributed by atoms with Gasteiger partial charge in [0.25, 0.3) is 0 Å². The van der Waals surface area contributed by atoms with E-state index < -0.39 is 14.0 Å². The number of carboxylic acids is 1. The Hall–Kier alpha value is -3.23. The van der Waals surface area contributed by atoms with Crippen LogP contribution in [-0.4, -0.2) is 56.6 Å². The summed E-state index contributed by atoms with van der Waals surface area (Å²) < 4.78 is 9.72. The van der Waals surface area contributed by atoms with Crippen LogP contribution >= 0.6 is 0 Å². The van der Waals surface area contributed by atoms with E-state index in [9.17, 15) is 15.2 Å². The molecule has 0 bridgehead atoms. The monoisotopic (exact) mass is 509 g/mol. The van der Waals surface area contributed by atoms with Gasteiger partial charge in [-0.15, -0.1) is 0 Å². The van der Waals surface area contributed by atoms with Gasteiger partial charge in [0.1, 0.15) is 25.3 Å². The molecule has 3 heterocycles. The lowest BCUT2D eigenvalue weighted by Crippen LogP contribution is -2.22. The number of nitriles is 1. The second-order valence-electron chi connectivity index (χ2n) is 10.7. The Morgan fingerprint density at radius 2 is 2.11 bits per heavy atom. The first-order valence-corrected chi connectivity index (χ1v) is 16.3. The van der Waals surface area contributed by atoms with Gasteiger partial charge in [-0.25, -0.2) is 9.97 Å². The zero-order valence-corrected chi connectivity index (χ0v) is 22.3. The van der Waals surface area contributed by atoms with Gasteiger partial charge in [0.05, 0.1) is 29.8 Å². The molecular formula is C25H35N7O3Si. The Labute approximate surface area is 212 Å². The Kier molecular flexibility index (Phi) is 8.06. The van der Waals surface area contributed by atoms with E-state index in [0.29, 0.717) is 42.8 Å². The molecule has 11 heteroatoms. The number of carbonyl (C=O) groups is 1. The summed E-state index contributed by atoms with van der Waals surface area (Å²) in [6.07, 6.45) is 10.1. The number of rotatable bonds is 12. The summed E-state index contributed by atoms with van der Waals surface area (Å²) in [6, 6.07) is 5.30. The number of ether oxygens (including phenoxy) is 1. The molecular weight excluding hydrogens is 474 g/mol. The molecule has 0 saturated heterocycles. The van der Waals surface area contributed by atoms with Crippen molar-refractivity contribution in [2.24, 2.45) is 5.92 Å². The molecule has 1 aliphatic carbocycles. The predicted octanol–water partition coefficient (Wildman–Crippen LogP) is 4.75. The molecule has 1 fully saturated rings. The molecule has 192 valence electrons. The first-order valence-electron chi connectivity index (χ1n) is 12.6. The first kappa shape index (κ1) is 25.8. The Morgan fingerprint density at radius 1 is 1.33 bits per heavy atom. The van der Waals surface area contributed by atoms with Crippen molar-refractivity contribution in [2.75, 3.05) is 18.5 Å². The second-order valence-corrected chi connectivity index (χ2v) is 16.3. The van der Waals surface area contributed by atoms with E-state index in [2.05, 4.69) is 41.0 Å². The topological polar surface area (TPSA) is 131 Å². The van der Waals surface area contributed by atoms with E-state index in [1.165, 1.54) is 6.33 Å². The number of nitrogens with zero attached hydrogens (tertiary/aromatic N) is 6. The van der Waals surface area contributed by atoms with Gasteiger partial charge in [-0.05, 0) is 30.9 Å². The third-order valence-electron chi connectivity index (χ3n) is 6.76. The molecule has 0 amide bonds. The zero-order chi connectivity index (χ0) is 25.7. The van der Waals surface area contributed by atoms with Crippen molar-refractivity contribution in [1.29, 1.82) is 5.26 Å². The SMILES string of the molecule is C[Si](C)(C)CCOCn1ccc2c(-c3cn(C(CC#N)C4CCCC4)nc3NCC(=O)O)ncnc21. The summed E-state index contributed by atoms with van der Waals surface area (Å²) >= 11 is 0. The minimum atomic E-state index is -1.17. The van der Waals surface area contributed by atoms with Crippen molar-refractivity contribution in [3.05, 3.63) is 24.8 Å². The van der Waals surface area contributed by atoms with Gasteiger partial charge in [-0.2, -0.15) is 10.4 Å². The van der Waals surface area contributed by atoms with Crippen LogP contribution in [-0.2, 0) is 16.3 Å². The highest BCUT2D eigenvalue weighted by molar-refractivity contribution is 6.76. The summed E-state index contributed by atoms with van der Waals surface area (Å²) in [5.74, 6) is -0.156. The van der Waals surface area contributed by atoms with Crippen LogP contribution in [0.1, 0.15) is 38.1 Å².